The van der Waals surface area contributed by atoms with Crippen molar-refractivity contribution in [3.63, 3.8) is 0 Å². The van der Waals surface area contributed by atoms with Crippen LogP contribution in [0.25, 0.3) is 0 Å². The molecule has 0 unspecified atom stereocenters. The number of benzene rings is 1. The minimum Gasteiger partial charge on any atom is -0.455 e. The Kier molecular flexibility index (Phi) is 3.81. The monoisotopic (exact) mass is 342 g/mol. The molecular weight excluding hydrogens is 335 g/mol. The van der Waals surface area contributed by atoms with Gasteiger partial charge in [-0.2, -0.15) is 8.73 Å². The lowest BCUT2D eigenvalue weighted by Crippen LogP contribution is -2.11. The van der Waals surface area contributed by atoms with E-state index in [9.17, 15) is 4.79 Å². The van der Waals surface area contributed by atoms with Crippen molar-refractivity contribution in [3.8, 4) is 0 Å². The van der Waals surface area contributed by atoms with Crippen LogP contribution in [0.3, 0.4) is 0 Å². The molecule has 0 saturated carbocycles. The quantitative estimate of drug-likeness (QED) is 0.752. The molecule has 1 aliphatic rings. The number of anilines is 1. The molecule has 0 bridgehead atoms. The Hall–Kier alpha value is -1.67. The number of hydrogen-bond acceptors (Lipinski definition) is 5. The smallest absolute Gasteiger partial charge is 0.291 e. The van der Waals surface area contributed by atoms with Gasteiger partial charge < -0.3 is 15.5 Å². The van der Waals surface area contributed by atoms with Crippen LogP contribution in [0.15, 0.2) is 31.3 Å². The third kappa shape index (κ3) is 2.60. The number of carbonyl (C=O) groups excluding carboxylic acids is 1. The minimum absolute atomic E-state index is 0.137. The number of rotatable bonds is 3. The third-order valence-electron chi connectivity index (χ3n) is 2.77. The Labute approximate surface area is 133 Å². The number of fused-ring (bicyclic) bond motifs is 1. The first-order chi connectivity index (χ1) is 10.1. The maximum absolute atomic E-state index is 12.2. The number of furan rings is 1. The van der Waals surface area contributed by atoms with Crippen molar-refractivity contribution in [1.82, 2.24) is 0 Å². The molecular formula is C12H8Cl2N4O2S. The van der Waals surface area contributed by atoms with Gasteiger partial charge in [0.15, 0.2) is 5.76 Å². The van der Waals surface area contributed by atoms with Gasteiger partial charge in [0, 0.05) is 0 Å². The second-order valence-corrected chi connectivity index (χ2v) is 5.44. The van der Waals surface area contributed by atoms with Gasteiger partial charge in [0.25, 0.3) is 5.91 Å². The first-order valence-electron chi connectivity index (χ1n) is 5.80. The van der Waals surface area contributed by atoms with Crippen LogP contribution in [0.1, 0.15) is 16.3 Å². The Morgan fingerprint density at radius 3 is 2.76 bits per heavy atom. The van der Waals surface area contributed by atoms with Crippen LogP contribution in [-0.4, -0.2) is 5.91 Å². The summed E-state index contributed by atoms with van der Waals surface area (Å²) in [7, 11) is 0. The lowest BCUT2D eigenvalue weighted by molar-refractivity contribution is 0.0995. The first kappa shape index (κ1) is 14.3. The van der Waals surface area contributed by atoms with Crippen LogP contribution < -0.4 is 11.1 Å². The summed E-state index contributed by atoms with van der Waals surface area (Å²) >= 11 is 13.1. The summed E-state index contributed by atoms with van der Waals surface area (Å²) in [5.74, 6) is 0.203. The van der Waals surface area contributed by atoms with Crippen molar-refractivity contribution in [1.29, 1.82) is 0 Å². The van der Waals surface area contributed by atoms with Crippen molar-refractivity contribution in [2.75, 3.05) is 5.32 Å². The number of nitrogens with zero attached hydrogens (tertiary/aromatic N) is 2. The van der Waals surface area contributed by atoms with E-state index in [2.05, 4.69) is 14.0 Å². The summed E-state index contributed by atoms with van der Waals surface area (Å²) in [6.07, 6.45) is 0. The molecule has 0 saturated heterocycles. The second kappa shape index (κ2) is 5.61. The number of hydrogen-bond donors (Lipinski definition) is 2. The molecule has 1 amide bonds. The maximum Gasteiger partial charge on any atom is 0.291 e. The summed E-state index contributed by atoms with van der Waals surface area (Å²) in [5.41, 5.74) is 6.72. The van der Waals surface area contributed by atoms with Crippen molar-refractivity contribution < 1.29 is 9.21 Å². The standard InChI is InChI=1S/C12H8Cl2N4O2S/c13-6-3-7(14)10-11(18-21-17-10)9(6)16-12(19)8-2-1-5(4-15)20-8/h1-3H,4,15H2,(H,16,19). The molecule has 6 nitrogen and oxygen atoms in total. The highest BCUT2D eigenvalue weighted by Gasteiger charge is 2.21. The van der Waals surface area contributed by atoms with Gasteiger partial charge in [-0.15, -0.1) is 0 Å². The zero-order chi connectivity index (χ0) is 15.0. The SMILES string of the molecule is NCc1ccc(C(=O)Nc2c(Cl)cc(Cl)c3c2N=S=N3)o1. The molecule has 0 fully saturated rings. The first-order valence-corrected chi connectivity index (χ1v) is 7.29. The van der Waals surface area contributed by atoms with Gasteiger partial charge in [-0.1, -0.05) is 23.2 Å². The maximum atomic E-state index is 12.2. The Bertz CT molecular complexity index is 812. The van der Waals surface area contributed by atoms with E-state index in [0.717, 1.165) is 11.4 Å². The van der Waals surface area contributed by atoms with E-state index in [1.165, 1.54) is 12.1 Å². The van der Waals surface area contributed by atoms with Crippen LogP contribution in [-0.2, 0) is 17.9 Å². The average Bonchev–Trinajstić information content (AvgIpc) is 3.11. The molecule has 0 radical (unpaired) electrons. The number of nitrogens with one attached hydrogen (secondary N) is 1. The topological polar surface area (TPSA) is 93.0 Å². The minimum atomic E-state index is -0.451. The van der Waals surface area contributed by atoms with Gasteiger partial charge in [-0.3, -0.25) is 4.79 Å². The van der Waals surface area contributed by atoms with E-state index in [1.54, 1.807) is 6.07 Å². The van der Waals surface area contributed by atoms with Gasteiger partial charge >= 0.3 is 0 Å². The Balaban J connectivity index is 1.94. The fourth-order valence-electron chi connectivity index (χ4n) is 1.78. The summed E-state index contributed by atoms with van der Waals surface area (Å²) in [4.78, 5) is 12.2. The molecule has 0 spiro atoms. The molecule has 1 aliphatic heterocycles. The average molecular weight is 343 g/mol. The van der Waals surface area contributed by atoms with E-state index in [-0.39, 0.29) is 17.3 Å². The Morgan fingerprint density at radius 1 is 1.29 bits per heavy atom. The number of halogens is 2. The normalized spacial score (nSPS) is 12.1. The molecule has 3 rings (SSSR count). The number of carbonyl (C=O) groups is 1. The van der Waals surface area contributed by atoms with Crippen LogP contribution in [0.2, 0.25) is 10.0 Å². The van der Waals surface area contributed by atoms with Crippen LogP contribution >= 0.6 is 23.2 Å². The zero-order valence-electron chi connectivity index (χ0n) is 10.4. The summed E-state index contributed by atoms with van der Waals surface area (Å²) < 4.78 is 13.5. The molecule has 1 aromatic heterocycles. The van der Waals surface area contributed by atoms with E-state index < -0.39 is 5.91 Å². The molecule has 108 valence electrons. The summed E-state index contributed by atoms with van der Waals surface area (Å²) in [6, 6.07) is 4.69. The molecule has 3 N–H and O–H groups in total. The second-order valence-electron chi connectivity index (χ2n) is 4.10. The third-order valence-corrected chi connectivity index (χ3v) is 3.88. The van der Waals surface area contributed by atoms with Gasteiger partial charge in [0.1, 0.15) is 17.1 Å². The van der Waals surface area contributed by atoms with Gasteiger partial charge in [-0.25, -0.2) is 0 Å². The molecule has 2 heterocycles. The molecule has 21 heavy (non-hydrogen) atoms. The highest BCUT2D eigenvalue weighted by molar-refractivity contribution is 7.58. The van der Waals surface area contributed by atoms with E-state index in [4.69, 9.17) is 33.4 Å². The van der Waals surface area contributed by atoms with Crippen LogP contribution in [0.4, 0.5) is 17.1 Å². The van der Waals surface area contributed by atoms with Crippen molar-refractivity contribution in [2.24, 2.45) is 14.5 Å². The largest absolute Gasteiger partial charge is 0.455 e. The highest BCUT2D eigenvalue weighted by Crippen LogP contribution is 2.47. The lowest BCUT2D eigenvalue weighted by Gasteiger charge is -2.10. The fraction of sp³-hybridized carbons (Fsp3) is 0.0833. The summed E-state index contributed by atoms with van der Waals surface area (Å²) in [5, 5.41) is 3.32. The predicted molar refractivity (Wildman–Crippen MR) is 82.6 cm³/mol. The van der Waals surface area contributed by atoms with E-state index >= 15 is 0 Å². The van der Waals surface area contributed by atoms with Gasteiger partial charge in [-0.05, 0) is 18.2 Å². The molecule has 2 aromatic rings. The molecule has 1 aromatic carbocycles. The van der Waals surface area contributed by atoms with Gasteiger partial charge in [0.2, 0.25) is 0 Å². The lowest BCUT2D eigenvalue weighted by atomic mass is 10.2. The molecule has 0 atom stereocenters. The number of nitrogens with two attached hydrogens (primary N) is 1. The predicted octanol–water partition coefficient (Wildman–Crippen LogP) is 4.02. The van der Waals surface area contributed by atoms with Crippen molar-refractivity contribution in [3.05, 3.63) is 39.8 Å². The fourth-order valence-corrected chi connectivity index (χ4v) is 2.94. The zero-order valence-corrected chi connectivity index (χ0v) is 12.7. The van der Waals surface area contributed by atoms with Crippen molar-refractivity contribution >= 4 is 57.5 Å². The highest BCUT2D eigenvalue weighted by atomic mass is 35.5. The Morgan fingerprint density at radius 2 is 2.05 bits per heavy atom. The van der Waals surface area contributed by atoms with Gasteiger partial charge in [0.05, 0.1) is 33.6 Å². The molecule has 0 aliphatic carbocycles. The van der Waals surface area contributed by atoms with Crippen LogP contribution in [0.5, 0.6) is 0 Å². The molecule has 9 heteroatoms. The van der Waals surface area contributed by atoms with E-state index in [0.29, 0.717) is 27.8 Å². The number of amides is 1. The van der Waals surface area contributed by atoms with Crippen molar-refractivity contribution in [2.45, 2.75) is 6.54 Å². The van der Waals surface area contributed by atoms with E-state index in [1.807, 2.05) is 0 Å². The van der Waals surface area contributed by atoms with Crippen LogP contribution in [0, 0.1) is 0 Å². The summed E-state index contributed by atoms with van der Waals surface area (Å²) in [6.45, 7) is 0.217.